The molecule has 25 heavy (non-hydrogen) atoms. The Labute approximate surface area is 141 Å². The van der Waals surface area contributed by atoms with Crippen molar-refractivity contribution in [1.29, 1.82) is 0 Å². The number of hydrogen-bond donors (Lipinski definition) is 0. The first-order valence-corrected chi connectivity index (χ1v) is 7.45. The molecule has 4 aromatic rings. The average Bonchev–Trinajstić information content (AvgIpc) is 3.17. The molecule has 3 aromatic heterocycles. The predicted molar refractivity (Wildman–Crippen MR) is 89.4 cm³/mol. The number of pyridine rings is 1. The van der Waals surface area contributed by atoms with Crippen molar-refractivity contribution in [3.63, 3.8) is 0 Å². The zero-order chi connectivity index (χ0) is 17.2. The van der Waals surface area contributed by atoms with Crippen molar-refractivity contribution in [2.45, 2.75) is 0 Å². The molecule has 0 amide bonds. The molecule has 0 saturated heterocycles. The number of fused-ring (bicyclic) bond motifs is 1. The summed E-state index contributed by atoms with van der Waals surface area (Å²) in [7, 11) is 0. The lowest BCUT2D eigenvalue weighted by Crippen LogP contribution is -2.09. The normalized spacial score (nSPS) is 10.7. The molecular weight excluding hydrogens is 322 g/mol. The van der Waals surface area contributed by atoms with Gasteiger partial charge in [0.05, 0.1) is 17.2 Å². The maximum absolute atomic E-state index is 12.4. The second kappa shape index (κ2) is 6.09. The number of ether oxygens (including phenoxy) is 1. The van der Waals surface area contributed by atoms with Crippen LogP contribution in [-0.4, -0.2) is 11.0 Å². The summed E-state index contributed by atoms with van der Waals surface area (Å²) in [5.41, 5.74) is 0.440. The van der Waals surface area contributed by atoms with Gasteiger partial charge >= 0.3 is 5.97 Å². The van der Waals surface area contributed by atoms with E-state index >= 15 is 0 Å². The lowest BCUT2D eigenvalue weighted by atomic mass is 10.2. The van der Waals surface area contributed by atoms with Gasteiger partial charge in [-0.1, -0.05) is 0 Å². The number of esters is 1. The van der Waals surface area contributed by atoms with Gasteiger partial charge in [-0.05, 0) is 42.5 Å². The fourth-order valence-corrected chi connectivity index (χ4v) is 2.39. The summed E-state index contributed by atoms with van der Waals surface area (Å²) in [5, 5.41) is 0.312. The van der Waals surface area contributed by atoms with Gasteiger partial charge in [-0.2, -0.15) is 0 Å². The Hall–Kier alpha value is -3.67. The molecule has 6 nitrogen and oxygen atoms in total. The van der Waals surface area contributed by atoms with Gasteiger partial charge in [-0.15, -0.1) is 0 Å². The molecule has 6 heteroatoms. The number of nitrogens with zero attached hydrogens (tertiary/aromatic N) is 1. The van der Waals surface area contributed by atoms with Crippen molar-refractivity contribution in [3.8, 4) is 17.3 Å². The quantitative estimate of drug-likeness (QED) is 0.420. The fraction of sp³-hybridized carbons (Fsp3) is 0. The molecule has 0 bridgehead atoms. The minimum atomic E-state index is -0.552. The van der Waals surface area contributed by atoms with Crippen LogP contribution in [0.1, 0.15) is 10.4 Å². The van der Waals surface area contributed by atoms with Crippen LogP contribution in [0.3, 0.4) is 0 Å². The minimum Gasteiger partial charge on any atom is -0.461 e. The van der Waals surface area contributed by atoms with E-state index < -0.39 is 5.97 Å². The number of carbonyl (C=O) groups is 1. The standard InChI is InChI=1S/C19H11NO5/c21-15-10-18(17-4-2-8-23-17)25-16-6-5-13(9-14(15)16)24-19(22)12-3-1-7-20-11-12/h1-11H. The number of benzene rings is 1. The van der Waals surface area contributed by atoms with Gasteiger partial charge in [0.15, 0.2) is 16.9 Å². The third-order valence-electron chi connectivity index (χ3n) is 3.57. The molecule has 0 aliphatic carbocycles. The molecule has 0 unspecified atom stereocenters. The fourth-order valence-electron chi connectivity index (χ4n) is 2.39. The van der Waals surface area contributed by atoms with Crippen LogP contribution in [0.25, 0.3) is 22.5 Å². The van der Waals surface area contributed by atoms with E-state index in [2.05, 4.69) is 4.98 Å². The van der Waals surface area contributed by atoms with Crippen LogP contribution >= 0.6 is 0 Å². The van der Waals surface area contributed by atoms with Gasteiger partial charge in [0.2, 0.25) is 0 Å². The number of rotatable bonds is 3. The maximum atomic E-state index is 12.4. The van der Waals surface area contributed by atoms with Crippen LogP contribution < -0.4 is 10.2 Å². The summed E-state index contributed by atoms with van der Waals surface area (Å²) in [4.78, 5) is 28.3. The van der Waals surface area contributed by atoms with E-state index in [1.165, 1.54) is 24.6 Å². The number of furan rings is 1. The summed E-state index contributed by atoms with van der Waals surface area (Å²) >= 11 is 0. The molecular formula is C19H11NO5. The first-order chi connectivity index (χ1) is 12.2. The molecule has 0 aliphatic rings. The van der Waals surface area contributed by atoms with Crippen molar-refractivity contribution in [3.05, 3.63) is 83.0 Å². The van der Waals surface area contributed by atoms with E-state index in [4.69, 9.17) is 13.6 Å². The molecule has 0 aliphatic heterocycles. The molecule has 0 spiro atoms. The van der Waals surface area contributed by atoms with E-state index in [9.17, 15) is 9.59 Å². The molecule has 0 atom stereocenters. The third-order valence-corrected chi connectivity index (χ3v) is 3.57. The highest BCUT2D eigenvalue weighted by Crippen LogP contribution is 2.25. The van der Waals surface area contributed by atoms with Gasteiger partial charge in [-0.25, -0.2) is 4.79 Å². The van der Waals surface area contributed by atoms with Gasteiger partial charge in [0.1, 0.15) is 11.3 Å². The molecule has 0 radical (unpaired) electrons. The summed E-state index contributed by atoms with van der Waals surface area (Å²) in [6, 6.07) is 12.6. The monoisotopic (exact) mass is 333 g/mol. The summed E-state index contributed by atoms with van der Waals surface area (Å²) < 4.78 is 16.2. The Kier molecular flexibility index (Phi) is 3.63. The maximum Gasteiger partial charge on any atom is 0.345 e. The zero-order valence-corrected chi connectivity index (χ0v) is 12.8. The number of hydrogen-bond acceptors (Lipinski definition) is 6. The Bertz CT molecular complexity index is 1100. The topological polar surface area (TPSA) is 82.5 Å². The second-order valence-corrected chi connectivity index (χ2v) is 5.24. The molecule has 0 saturated carbocycles. The highest BCUT2D eigenvalue weighted by molar-refractivity contribution is 5.91. The van der Waals surface area contributed by atoms with E-state index in [0.29, 0.717) is 28.1 Å². The van der Waals surface area contributed by atoms with E-state index in [0.717, 1.165) is 0 Å². The van der Waals surface area contributed by atoms with E-state index in [-0.39, 0.29) is 11.2 Å². The van der Waals surface area contributed by atoms with Crippen LogP contribution in [0.2, 0.25) is 0 Å². The third kappa shape index (κ3) is 2.92. The Balaban J connectivity index is 1.69. The molecule has 0 N–H and O–H groups in total. The highest BCUT2D eigenvalue weighted by Gasteiger charge is 2.12. The van der Waals surface area contributed by atoms with Gasteiger partial charge in [-0.3, -0.25) is 9.78 Å². The smallest absolute Gasteiger partial charge is 0.345 e. The summed E-state index contributed by atoms with van der Waals surface area (Å²) in [6.07, 6.45) is 4.47. The van der Waals surface area contributed by atoms with Crippen molar-refractivity contribution in [2.24, 2.45) is 0 Å². The first-order valence-electron chi connectivity index (χ1n) is 7.45. The van der Waals surface area contributed by atoms with Crippen molar-refractivity contribution in [1.82, 2.24) is 4.98 Å². The van der Waals surface area contributed by atoms with Gasteiger partial charge in [0.25, 0.3) is 0 Å². The highest BCUT2D eigenvalue weighted by atomic mass is 16.5. The molecule has 0 fully saturated rings. The SMILES string of the molecule is O=C(Oc1ccc2oc(-c3ccco3)cc(=O)c2c1)c1cccnc1. The zero-order valence-electron chi connectivity index (χ0n) is 12.8. The molecule has 4 rings (SSSR count). The van der Waals surface area contributed by atoms with Crippen LogP contribution in [0.15, 0.2) is 80.8 Å². The van der Waals surface area contributed by atoms with E-state index in [1.54, 1.807) is 42.6 Å². The first kappa shape index (κ1) is 14.9. The number of carbonyl (C=O) groups excluding carboxylic acids is 1. The average molecular weight is 333 g/mol. The van der Waals surface area contributed by atoms with Gasteiger partial charge < -0.3 is 13.6 Å². The van der Waals surface area contributed by atoms with E-state index in [1.807, 2.05) is 0 Å². The summed E-state index contributed by atoms with van der Waals surface area (Å²) in [6.45, 7) is 0. The Morgan fingerprint density at radius 3 is 2.72 bits per heavy atom. The largest absolute Gasteiger partial charge is 0.461 e. The molecule has 122 valence electrons. The predicted octanol–water partition coefficient (Wildman–Crippen LogP) is 3.67. The van der Waals surface area contributed by atoms with Crippen LogP contribution in [-0.2, 0) is 0 Å². The lowest BCUT2D eigenvalue weighted by Gasteiger charge is -2.05. The van der Waals surface area contributed by atoms with Crippen LogP contribution in [0.5, 0.6) is 5.75 Å². The second-order valence-electron chi connectivity index (χ2n) is 5.24. The van der Waals surface area contributed by atoms with Crippen LogP contribution in [0.4, 0.5) is 0 Å². The summed E-state index contributed by atoms with van der Waals surface area (Å²) in [5.74, 6) is 0.497. The Morgan fingerprint density at radius 2 is 1.96 bits per heavy atom. The minimum absolute atomic E-state index is 0.249. The van der Waals surface area contributed by atoms with Crippen LogP contribution in [0, 0.1) is 0 Å². The van der Waals surface area contributed by atoms with Crippen molar-refractivity contribution in [2.75, 3.05) is 0 Å². The van der Waals surface area contributed by atoms with Gasteiger partial charge in [0, 0.05) is 18.5 Å². The Morgan fingerprint density at radius 1 is 1.04 bits per heavy atom. The van der Waals surface area contributed by atoms with Crippen molar-refractivity contribution < 1.29 is 18.4 Å². The van der Waals surface area contributed by atoms with Crippen molar-refractivity contribution >= 4 is 16.9 Å². The molecule has 3 heterocycles. The molecule has 1 aromatic carbocycles. The number of aromatic nitrogens is 1. The lowest BCUT2D eigenvalue weighted by molar-refractivity contribution is 0.0734.